The summed E-state index contributed by atoms with van der Waals surface area (Å²) in [6.45, 7) is 1.92. The number of hydrogen-bond donors (Lipinski definition) is 0. The molecule has 0 radical (unpaired) electrons. The van der Waals surface area contributed by atoms with Crippen molar-refractivity contribution in [2.45, 2.75) is 6.92 Å². The fraction of sp³-hybridized carbons (Fsp3) is 0.143. The van der Waals surface area contributed by atoms with Gasteiger partial charge in [-0.25, -0.2) is 15.0 Å². The Kier molecular flexibility index (Phi) is 3.12. The average Bonchev–Trinajstić information content (AvgIpc) is 2.49. The zero-order valence-corrected chi connectivity index (χ0v) is 11.1. The van der Waals surface area contributed by atoms with Gasteiger partial charge in [0.1, 0.15) is 5.75 Å². The third-order valence-electron chi connectivity index (χ3n) is 2.70. The third-order valence-corrected chi connectivity index (χ3v) is 2.70. The Hall–Kier alpha value is -2.76. The van der Waals surface area contributed by atoms with Crippen LogP contribution in [-0.2, 0) is 0 Å². The molecule has 0 unspecified atom stereocenters. The van der Waals surface area contributed by atoms with Crippen LogP contribution in [0.1, 0.15) is 5.56 Å². The maximum absolute atomic E-state index is 5.68. The lowest BCUT2D eigenvalue weighted by molar-refractivity contribution is 0.381. The molecule has 3 aromatic rings. The first kappa shape index (κ1) is 12.3. The molecule has 2 aromatic heterocycles. The van der Waals surface area contributed by atoms with Crippen LogP contribution < -0.4 is 9.47 Å². The number of fused-ring (bicyclic) bond motifs is 1. The van der Waals surface area contributed by atoms with Crippen molar-refractivity contribution in [1.29, 1.82) is 0 Å². The lowest BCUT2D eigenvalue weighted by Crippen LogP contribution is -1.95. The summed E-state index contributed by atoms with van der Waals surface area (Å²) in [5.41, 5.74) is 1.71. The number of methoxy groups -OCH3 is 1. The van der Waals surface area contributed by atoms with Gasteiger partial charge in [0.15, 0.2) is 0 Å². The minimum absolute atomic E-state index is 0.291. The molecule has 0 atom stereocenters. The van der Waals surface area contributed by atoms with Crippen LogP contribution in [0.3, 0.4) is 0 Å². The van der Waals surface area contributed by atoms with E-state index < -0.39 is 0 Å². The van der Waals surface area contributed by atoms with Gasteiger partial charge in [-0.05, 0) is 24.6 Å². The summed E-state index contributed by atoms with van der Waals surface area (Å²) >= 11 is 0. The molecule has 0 N–H and O–H groups in total. The van der Waals surface area contributed by atoms with Crippen molar-refractivity contribution in [3.63, 3.8) is 0 Å². The SMILES string of the molecule is COc1ncc2c(Oc3ncc(C)cn3)cccc2n1. The van der Waals surface area contributed by atoms with Crippen molar-refractivity contribution in [1.82, 2.24) is 19.9 Å². The summed E-state index contributed by atoms with van der Waals surface area (Å²) < 4.78 is 10.7. The van der Waals surface area contributed by atoms with Gasteiger partial charge in [-0.3, -0.25) is 0 Å². The van der Waals surface area contributed by atoms with E-state index >= 15 is 0 Å². The van der Waals surface area contributed by atoms with Crippen LogP contribution in [0.4, 0.5) is 0 Å². The van der Waals surface area contributed by atoms with Gasteiger partial charge in [-0.1, -0.05) is 6.07 Å². The minimum atomic E-state index is 0.291. The maximum atomic E-state index is 5.68. The summed E-state index contributed by atoms with van der Waals surface area (Å²) in [5, 5.41) is 0.775. The van der Waals surface area contributed by atoms with Gasteiger partial charge in [-0.15, -0.1) is 0 Å². The van der Waals surface area contributed by atoms with Gasteiger partial charge in [0.2, 0.25) is 0 Å². The van der Waals surface area contributed by atoms with Crippen LogP contribution in [0.2, 0.25) is 0 Å². The molecule has 0 amide bonds. The number of hydrogen-bond acceptors (Lipinski definition) is 6. The summed E-state index contributed by atoms with van der Waals surface area (Å²) in [6, 6.07) is 6.14. The van der Waals surface area contributed by atoms with Gasteiger partial charge in [0.05, 0.1) is 18.0 Å². The molecule has 3 rings (SSSR count). The molecule has 6 heteroatoms. The van der Waals surface area contributed by atoms with Crippen LogP contribution in [0.25, 0.3) is 10.9 Å². The predicted molar refractivity (Wildman–Crippen MR) is 72.9 cm³/mol. The first-order valence-corrected chi connectivity index (χ1v) is 6.02. The number of nitrogens with zero attached hydrogens (tertiary/aromatic N) is 4. The molecule has 1 aromatic carbocycles. The molecule has 0 aliphatic carbocycles. The molecular formula is C14H12N4O2. The summed E-state index contributed by atoms with van der Waals surface area (Å²) in [4.78, 5) is 16.6. The first-order valence-electron chi connectivity index (χ1n) is 6.02. The predicted octanol–water partition coefficient (Wildman–Crippen LogP) is 2.53. The molecule has 0 spiro atoms. The van der Waals surface area contributed by atoms with Gasteiger partial charge < -0.3 is 9.47 Å². The van der Waals surface area contributed by atoms with E-state index in [9.17, 15) is 0 Å². The highest BCUT2D eigenvalue weighted by atomic mass is 16.5. The summed E-state index contributed by atoms with van der Waals surface area (Å²) in [5.74, 6) is 0.606. The normalized spacial score (nSPS) is 10.5. The van der Waals surface area contributed by atoms with Crippen LogP contribution in [-0.4, -0.2) is 27.0 Å². The maximum Gasteiger partial charge on any atom is 0.321 e. The zero-order chi connectivity index (χ0) is 13.9. The van der Waals surface area contributed by atoms with Gasteiger partial charge >= 0.3 is 12.0 Å². The number of aromatic nitrogens is 4. The number of rotatable bonds is 3. The van der Waals surface area contributed by atoms with Crippen molar-refractivity contribution in [3.05, 3.63) is 42.4 Å². The topological polar surface area (TPSA) is 70.0 Å². The largest absolute Gasteiger partial charge is 0.467 e. The Bertz CT molecular complexity index is 744. The highest BCUT2D eigenvalue weighted by molar-refractivity contribution is 5.84. The monoisotopic (exact) mass is 268 g/mol. The highest BCUT2D eigenvalue weighted by Gasteiger charge is 2.07. The molecule has 0 saturated carbocycles. The van der Waals surface area contributed by atoms with Crippen LogP contribution in [0.5, 0.6) is 17.8 Å². The Morgan fingerprint density at radius 3 is 2.45 bits per heavy atom. The van der Waals surface area contributed by atoms with Crippen molar-refractivity contribution >= 4 is 10.9 Å². The highest BCUT2D eigenvalue weighted by Crippen LogP contribution is 2.27. The lowest BCUT2D eigenvalue weighted by Gasteiger charge is -2.07. The van der Waals surface area contributed by atoms with E-state index in [0.29, 0.717) is 17.8 Å². The average molecular weight is 268 g/mol. The second-order valence-corrected chi connectivity index (χ2v) is 4.19. The van der Waals surface area contributed by atoms with E-state index in [1.165, 1.54) is 7.11 Å². The van der Waals surface area contributed by atoms with E-state index in [0.717, 1.165) is 16.5 Å². The van der Waals surface area contributed by atoms with Gasteiger partial charge in [0, 0.05) is 18.6 Å². The molecule has 2 heterocycles. The Morgan fingerprint density at radius 1 is 0.950 bits per heavy atom. The van der Waals surface area contributed by atoms with Crippen LogP contribution >= 0.6 is 0 Å². The molecule has 100 valence electrons. The first-order chi connectivity index (χ1) is 9.76. The van der Waals surface area contributed by atoms with Crippen molar-refractivity contribution in [2.24, 2.45) is 0 Å². The molecule has 0 saturated heterocycles. The Morgan fingerprint density at radius 2 is 1.70 bits per heavy atom. The van der Waals surface area contributed by atoms with E-state index in [1.807, 2.05) is 25.1 Å². The lowest BCUT2D eigenvalue weighted by atomic mass is 10.2. The van der Waals surface area contributed by atoms with Gasteiger partial charge in [-0.2, -0.15) is 4.98 Å². The molecule has 0 aliphatic rings. The quantitative estimate of drug-likeness (QED) is 0.727. The molecule has 0 fully saturated rings. The fourth-order valence-electron chi connectivity index (χ4n) is 1.73. The van der Waals surface area contributed by atoms with E-state index in [4.69, 9.17) is 9.47 Å². The minimum Gasteiger partial charge on any atom is -0.467 e. The molecule has 0 bridgehead atoms. The van der Waals surface area contributed by atoms with Crippen molar-refractivity contribution < 1.29 is 9.47 Å². The van der Waals surface area contributed by atoms with E-state index in [1.54, 1.807) is 18.6 Å². The third kappa shape index (κ3) is 2.35. The summed E-state index contributed by atoms with van der Waals surface area (Å²) in [7, 11) is 1.53. The van der Waals surface area contributed by atoms with E-state index in [2.05, 4.69) is 19.9 Å². The molecular weight excluding hydrogens is 256 g/mol. The Balaban J connectivity index is 2.01. The summed E-state index contributed by atoms with van der Waals surface area (Å²) in [6.07, 6.45) is 5.06. The number of benzene rings is 1. The number of aryl methyl sites for hydroxylation is 1. The smallest absolute Gasteiger partial charge is 0.321 e. The fourth-order valence-corrected chi connectivity index (χ4v) is 1.73. The van der Waals surface area contributed by atoms with Crippen molar-refractivity contribution in [3.8, 4) is 17.8 Å². The van der Waals surface area contributed by atoms with Crippen LogP contribution in [0, 0.1) is 6.92 Å². The van der Waals surface area contributed by atoms with E-state index in [-0.39, 0.29) is 0 Å². The standard InChI is InChI=1S/C14H12N4O2/c1-9-6-15-13(16-7-9)20-12-5-3-4-11-10(12)8-17-14(18-11)19-2/h3-8H,1-2H3. The molecule has 6 nitrogen and oxygen atoms in total. The molecule has 0 aliphatic heterocycles. The Labute approximate surface area is 115 Å². The second kappa shape index (κ2) is 5.08. The van der Waals surface area contributed by atoms with Crippen LogP contribution in [0.15, 0.2) is 36.8 Å². The van der Waals surface area contributed by atoms with Gasteiger partial charge in [0.25, 0.3) is 0 Å². The second-order valence-electron chi connectivity index (χ2n) is 4.19. The zero-order valence-electron chi connectivity index (χ0n) is 11.1. The van der Waals surface area contributed by atoms with Crippen molar-refractivity contribution in [2.75, 3.05) is 7.11 Å². The molecule has 20 heavy (non-hydrogen) atoms. The number of ether oxygens (including phenoxy) is 2.